The highest BCUT2D eigenvalue weighted by atomic mass is 32.2. The van der Waals surface area contributed by atoms with Gasteiger partial charge < -0.3 is 10.6 Å². The van der Waals surface area contributed by atoms with Crippen molar-refractivity contribution in [3.8, 4) is 0 Å². The van der Waals surface area contributed by atoms with Crippen molar-refractivity contribution in [2.75, 3.05) is 25.1 Å². The summed E-state index contributed by atoms with van der Waals surface area (Å²) in [6.07, 6.45) is 6.75. The Morgan fingerprint density at radius 3 is 3.17 bits per heavy atom. The molecule has 0 aromatic carbocycles. The number of hydrogen-bond acceptors (Lipinski definition) is 5. The summed E-state index contributed by atoms with van der Waals surface area (Å²) in [7, 11) is 0. The molecule has 1 aliphatic rings. The van der Waals surface area contributed by atoms with E-state index in [-0.39, 0.29) is 11.8 Å². The molecule has 3 heterocycles. The predicted molar refractivity (Wildman–Crippen MR) is 92.5 cm³/mol. The Hall–Kier alpha value is -1.60. The van der Waals surface area contributed by atoms with Crippen LogP contribution in [0.4, 0.5) is 0 Å². The molecule has 2 N–H and O–H groups in total. The second-order valence-corrected chi connectivity index (χ2v) is 6.98. The third-order valence-electron chi connectivity index (χ3n) is 4.39. The molecule has 1 saturated heterocycles. The van der Waals surface area contributed by atoms with Gasteiger partial charge in [-0.2, -0.15) is 11.8 Å². The van der Waals surface area contributed by atoms with Crippen molar-refractivity contribution in [3.05, 3.63) is 30.2 Å². The quantitative estimate of drug-likeness (QED) is 0.898. The van der Waals surface area contributed by atoms with E-state index in [2.05, 4.69) is 10.2 Å². The number of nitrogens with zero attached hydrogens (tertiary/aromatic N) is 4. The van der Waals surface area contributed by atoms with Crippen LogP contribution in [0, 0.1) is 0 Å². The maximum absolute atomic E-state index is 12.5. The van der Waals surface area contributed by atoms with Crippen molar-refractivity contribution in [1.82, 2.24) is 19.5 Å². The molecule has 7 heteroatoms. The lowest BCUT2D eigenvalue weighted by atomic mass is 9.96. The Morgan fingerprint density at radius 2 is 2.35 bits per heavy atom. The summed E-state index contributed by atoms with van der Waals surface area (Å²) in [5.74, 6) is 2.14. The van der Waals surface area contributed by atoms with E-state index in [1.165, 1.54) is 0 Å². The number of amides is 1. The number of carbonyl (C=O) groups excluding carboxylic acids is 1. The minimum absolute atomic E-state index is 0.0672. The first-order chi connectivity index (χ1) is 11.2. The van der Waals surface area contributed by atoms with Crippen LogP contribution >= 0.6 is 11.8 Å². The zero-order valence-corrected chi connectivity index (χ0v) is 14.2. The van der Waals surface area contributed by atoms with E-state index in [1.807, 2.05) is 40.0 Å². The van der Waals surface area contributed by atoms with Crippen LogP contribution in [0.15, 0.2) is 24.4 Å². The van der Waals surface area contributed by atoms with Crippen molar-refractivity contribution >= 4 is 23.3 Å². The minimum Gasteiger partial charge on any atom is -0.341 e. The molecule has 23 heavy (non-hydrogen) atoms. The largest absolute Gasteiger partial charge is 0.341 e. The topological polar surface area (TPSA) is 76.5 Å². The number of pyridine rings is 1. The number of hydrogen-bond donors (Lipinski definition) is 1. The third-order valence-corrected chi connectivity index (χ3v) is 5.03. The van der Waals surface area contributed by atoms with E-state index in [0.717, 1.165) is 43.0 Å². The van der Waals surface area contributed by atoms with Crippen molar-refractivity contribution in [1.29, 1.82) is 0 Å². The van der Waals surface area contributed by atoms with E-state index >= 15 is 0 Å². The molecule has 1 amide bonds. The van der Waals surface area contributed by atoms with E-state index in [9.17, 15) is 4.79 Å². The molecule has 1 aliphatic heterocycles. The first kappa shape index (κ1) is 16.3. The molecule has 0 bridgehead atoms. The monoisotopic (exact) mass is 333 g/mol. The summed E-state index contributed by atoms with van der Waals surface area (Å²) >= 11 is 1.72. The summed E-state index contributed by atoms with van der Waals surface area (Å²) < 4.78 is 2.02. The van der Waals surface area contributed by atoms with Gasteiger partial charge in [0.15, 0.2) is 5.65 Å². The normalized spacial score (nSPS) is 19.9. The number of carbonyl (C=O) groups is 1. The smallest absolute Gasteiger partial charge is 0.239 e. The van der Waals surface area contributed by atoms with Crippen molar-refractivity contribution in [2.24, 2.45) is 5.73 Å². The van der Waals surface area contributed by atoms with Crippen LogP contribution < -0.4 is 5.73 Å². The van der Waals surface area contributed by atoms with Crippen LogP contribution in [-0.2, 0) is 4.79 Å². The highest BCUT2D eigenvalue weighted by Gasteiger charge is 2.29. The molecular formula is C16H23N5OS. The lowest BCUT2D eigenvalue weighted by molar-refractivity contribution is -0.133. The SMILES string of the molecule is CSCC[C@@H](N)C(=O)N1CCC[C@@H](c2nnc3ccccn23)C1. The Morgan fingerprint density at radius 1 is 1.48 bits per heavy atom. The first-order valence-electron chi connectivity index (χ1n) is 8.03. The Balaban J connectivity index is 1.72. The molecule has 2 aromatic heterocycles. The molecule has 0 aliphatic carbocycles. The fourth-order valence-corrected chi connectivity index (χ4v) is 3.62. The summed E-state index contributed by atoms with van der Waals surface area (Å²) in [5.41, 5.74) is 6.90. The zero-order chi connectivity index (χ0) is 16.2. The number of likely N-dealkylation sites (tertiary alicyclic amines) is 1. The van der Waals surface area contributed by atoms with Crippen LogP contribution in [0.2, 0.25) is 0 Å². The maximum atomic E-state index is 12.5. The number of rotatable bonds is 5. The molecule has 1 fully saturated rings. The second kappa shape index (κ2) is 7.31. The Bertz CT molecular complexity index is 673. The van der Waals surface area contributed by atoms with Gasteiger partial charge in [-0.05, 0) is 43.4 Å². The van der Waals surface area contributed by atoms with E-state index in [4.69, 9.17) is 5.73 Å². The predicted octanol–water partition coefficient (Wildman–Crippen LogP) is 1.52. The third kappa shape index (κ3) is 3.50. The molecule has 0 spiro atoms. The highest BCUT2D eigenvalue weighted by Crippen LogP contribution is 2.26. The fourth-order valence-electron chi connectivity index (χ4n) is 3.13. The average Bonchev–Trinajstić information content (AvgIpc) is 3.03. The lowest BCUT2D eigenvalue weighted by Crippen LogP contribution is -2.48. The molecule has 2 atom stereocenters. The van der Waals surface area contributed by atoms with E-state index < -0.39 is 6.04 Å². The number of piperidine rings is 1. The standard InChI is InChI=1S/C16H23N5OS/c1-23-10-7-13(17)16(22)20-8-4-5-12(11-20)15-19-18-14-6-2-3-9-21(14)15/h2-3,6,9,12-13H,4-5,7-8,10-11,17H2,1H3/t12-,13-/m1/s1. The number of nitrogens with two attached hydrogens (primary N) is 1. The molecule has 3 rings (SSSR count). The Labute approximate surface area is 140 Å². The van der Waals surface area contributed by atoms with Crippen molar-refractivity contribution in [3.63, 3.8) is 0 Å². The molecule has 2 aromatic rings. The molecule has 0 unspecified atom stereocenters. The number of aromatic nitrogens is 3. The minimum atomic E-state index is -0.392. The molecule has 0 saturated carbocycles. The average molecular weight is 333 g/mol. The molecule has 124 valence electrons. The van der Waals surface area contributed by atoms with Crippen LogP contribution in [0.1, 0.15) is 31.0 Å². The Kier molecular flexibility index (Phi) is 5.17. The van der Waals surface area contributed by atoms with E-state index in [1.54, 1.807) is 11.8 Å². The number of thioether (sulfide) groups is 1. The van der Waals surface area contributed by atoms with Crippen LogP contribution in [0.3, 0.4) is 0 Å². The molecule has 0 radical (unpaired) electrons. The molecular weight excluding hydrogens is 310 g/mol. The zero-order valence-electron chi connectivity index (χ0n) is 13.4. The van der Waals surface area contributed by atoms with Gasteiger partial charge in [-0.25, -0.2) is 0 Å². The van der Waals surface area contributed by atoms with Gasteiger partial charge in [-0.1, -0.05) is 6.07 Å². The van der Waals surface area contributed by atoms with Gasteiger partial charge in [0.2, 0.25) is 5.91 Å². The van der Waals surface area contributed by atoms with Gasteiger partial charge >= 0.3 is 0 Å². The van der Waals surface area contributed by atoms with Crippen LogP contribution in [-0.4, -0.2) is 56.5 Å². The first-order valence-corrected chi connectivity index (χ1v) is 9.43. The van der Waals surface area contributed by atoms with Gasteiger partial charge in [0.05, 0.1) is 6.04 Å². The van der Waals surface area contributed by atoms with Gasteiger partial charge in [0.1, 0.15) is 5.82 Å². The summed E-state index contributed by atoms with van der Waals surface area (Å²) in [4.78, 5) is 14.4. The van der Waals surface area contributed by atoms with Crippen molar-refractivity contribution < 1.29 is 4.79 Å². The van der Waals surface area contributed by atoms with Gasteiger partial charge in [0.25, 0.3) is 0 Å². The van der Waals surface area contributed by atoms with Crippen LogP contribution in [0.25, 0.3) is 5.65 Å². The summed E-state index contributed by atoms with van der Waals surface area (Å²) in [6.45, 7) is 1.47. The van der Waals surface area contributed by atoms with Crippen LogP contribution in [0.5, 0.6) is 0 Å². The highest BCUT2D eigenvalue weighted by molar-refractivity contribution is 7.98. The van der Waals surface area contributed by atoms with Gasteiger partial charge in [0, 0.05) is 25.2 Å². The van der Waals surface area contributed by atoms with Gasteiger partial charge in [-0.15, -0.1) is 10.2 Å². The molecule has 6 nitrogen and oxygen atoms in total. The summed E-state index contributed by atoms with van der Waals surface area (Å²) in [6, 6.07) is 5.48. The van der Waals surface area contributed by atoms with E-state index in [0.29, 0.717) is 6.54 Å². The summed E-state index contributed by atoms with van der Waals surface area (Å²) in [5, 5.41) is 8.57. The fraction of sp³-hybridized carbons (Fsp3) is 0.562. The number of fused-ring (bicyclic) bond motifs is 1. The van der Waals surface area contributed by atoms with Gasteiger partial charge in [-0.3, -0.25) is 9.20 Å². The lowest BCUT2D eigenvalue weighted by Gasteiger charge is -2.33. The van der Waals surface area contributed by atoms with Crippen molar-refractivity contribution in [2.45, 2.75) is 31.2 Å². The second-order valence-electron chi connectivity index (χ2n) is 6.00. The maximum Gasteiger partial charge on any atom is 0.239 e.